The lowest BCUT2D eigenvalue weighted by molar-refractivity contribution is 0.321. The van der Waals surface area contributed by atoms with Gasteiger partial charge < -0.3 is 0 Å². The SMILES string of the molecule is O=c1c2c(-c3ccncc3)csc2c(-c2ccncc2)nn1C1CCCCC1. The summed E-state index contributed by atoms with van der Waals surface area (Å²) in [4.78, 5) is 21.8. The van der Waals surface area contributed by atoms with Gasteiger partial charge in [0.25, 0.3) is 5.56 Å². The molecule has 0 amide bonds. The van der Waals surface area contributed by atoms with E-state index in [4.69, 9.17) is 5.10 Å². The highest BCUT2D eigenvalue weighted by Gasteiger charge is 2.23. The highest BCUT2D eigenvalue weighted by atomic mass is 32.1. The minimum absolute atomic E-state index is 0.0211. The van der Waals surface area contributed by atoms with Gasteiger partial charge in [-0.3, -0.25) is 14.8 Å². The molecule has 5 nitrogen and oxygen atoms in total. The van der Waals surface area contributed by atoms with Crippen molar-refractivity contribution in [1.29, 1.82) is 0 Å². The third-order valence-electron chi connectivity index (χ3n) is 5.50. The lowest BCUT2D eigenvalue weighted by atomic mass is 9.95. The van der Waals surface area contributed by atoms with Crippen molar-refractivity contribution in [1.82, 2.24) is 19.7 Å². The van der Waals surface area contributed by atoms with Crippen LogP contribution in [0.1, 0.15) is 38.1 Å². The molecule has 0 radical (unpaired) electrons. The van der Waals surface area contributed by atoms with E-state index in [9.17, 15) is 4.79 Å². The van der Waals surface area contributed by atoms with Gasteiger partial charge in [-0.15, -0.1) is 11.3 Å². The molecule has 0 spiro atoms. The second-order valence-electron chi connectivity index (χ2n) is 7.22. The number of aromatic nitrogens is 4. The maximum atomic E-state index is 13.5. The zero-order valence-electron chi connectivity index (χ0n) is 15.4. The first-order valence-corrected chi connectivity index (χ1v) is 10.6. The van der Waals surface area contributed by atoms with Crippen LogP contribution >= 0.6 is 11.3 Å². The quantitative estimate of drug-likeness (QED) is 0.491. The monoisotopic (exact) mass is 388 g/mol. The third kappa shape index (κ3) is 2.94. The summed E-state index contributed by atoms with van der Waals surface area (Å²) in [6.07, 6.45) is 12.7. The van der Waals surface area contributed by atoms with Crippen LogP contribution in [0.15, 0.2) is 59.2 Å². The van der Waals surface area contributed by atoms with Crippen molar-refractivity contribution in [3.63, 3.8) is 0 Å². The lowest BCUT2D eigenvalue weighted by Gasteiger charge is -2.23. The predicted molar refractivity (Wildman–Crippen MR) is 112 cm³/mol. The summed E-state index contributed by atoms with van der Waals surface area (Å²) in [5.41, 5.74) is 3.86. The van der Waals surface area contributed by atoms with E-state index in [1.807, 2.05) is 24.3 Å². The Morgan fingerprint density at radius 1 is 0.893 bits per heavy atom. The summed E-state index contributed by atoms with van der Waals surface area (Å²) >= 11 is 1.58. The molecule has 28 heavy (non-hydrogen) atoms. The summed E-state index contributed by atoms with van der Waals surface area (Å²) < 4.78 is 2.70. The van der Waals surface area contributed by atoms with Gasteiger partial charge in [0.2, 0.25) is 0 Å². The number of nitrogens with zero attached hydrogens (tertiary/aromatic N) is 4. The van der Waals surface area contributed by atoms with Crippen LogP contribution in [0.5, 0.6) is 0 Å². The van der Waals surface area contributed by atoms with Crippen molar-refractivity contribution < 1.29 is 0 Å². The molecule has 140 valence electrons. The number of fused-ring (bicyclic) bond motifs is 1. The van der Waals surface area contributed by atoms with Crippen molar-refractivity contribution in [3.8, 4) is 22.4 Å². The average Bonchev–Trinajstić information content (AvgIpc) is 3.22. The molecule has 0 bridgehead atoms. The molecule has 1 saturated carbocycles. The molecule has 0 unspecified atom stereocenters. The van der Waals surface area contributed by atoms with Crippen LogP contribution in [-0.2, 0) is 0 Å². The van der Waals surface area contributed by atoms with E-state index in [1.165, 1.54) is 6.42 Å². The molecule has 5 rings (SSSR count). The minimum Gasteiger partial charge on any atom is -0.267 e. The van der Waals surface area contributed by atoms with Gasteiger partial charge in [0.1, 0.15) is 5.69 Å². The molecular formula is C22H20N4OS. The first-order chi connectivity index (χ1) is 13.8. The molecule has 4 aromatic rings. The van der Waals surface area contributed by atoms with Gasteiger partial charge in [-0.25, -0.2) is 4.68 Å². The summed E-state index contributed by atoms with van der Waals surface area (Å²) in [5.74, 6) is 0. The normalized spacial score (nSPS) is 15.1. The van der Waals surface area contributed by atoms with Gasteiger partial charge in [0, 0.05) is 41.3 Å². The smallest absolute Gasteiger partial charge is 0.267 e. The predicted octanol–water partition coefficient (Wildman–Crippen LogP) is 5.09. The molecule has 4 aromatic heterocycles. The third-order valence-corrected chi connectivity index (χ3v) is 6.49. The van der Waals surface area contributed by atoms with E-state index in [0.717, 1.165) is 58.2 Å². The number of thiophene rings is 1. The number of pyridine rings is 2. The fourth-order valence-electron chi connectivity index (χ4n) is 4.07. The molecule has 1 aliphatic rings. The van der Waals surface area contributed by atoms with E-state index in [0.29, 0.717) is 0 Å². The Kier molecular flexibility index (Phi) is 4.49. The highest BCUT2D eigenvalue weighted by molar-refractivity contribution is 7.18. The Labute approximate surface area is 166 Å². The minimum atomic E-state index is 0.0211. The van der Waals surface area contributed by atoms with E-state index < -0.39 is 0 Å². The van der Waals surface area contributed by atoms with Crippen LogP contribution in [-0.4, -0.2) is 19.7 Å². The van der Waals surface area contributed by atoms with Gasteiger partial charge in [-0.1, -0.05) is 19.3 Å². The van der Waals surface area contributed by atoms with Crippen LogP contribution in [0.4, 0.5) is 0 Å². The molecule has 0 atom stereocenters. The molecular weight excluding hydrogens is 368 g/mol. The van der Waals surface area contributed by atoms with Crippen molar-refractivity contribution in [2.24, 2.45) is 0 Å². The van der Waals surface area contributed by atoms with E-state index in [2.05, 4.69) is 15.3 Å². The fraction of sp³-hybridized carbons (Fsp3) is 0.273. The van der Waals surface area contributed by atoms with Gasteiger partial charge >= 0.3 is 0 Å². The van der Waals surface area contributed by atoms with Crippen LogP contribution in [0.25, 0.3) is 32.5 Å². The molecule has 0 saturated heterocycles. The van der Waals surface area contributed by atoms with E-state index >= 15 is 0 Å². The number of hydrogen-bond donors (Lipinski definition) is 0. The molecule has 4 heterocycles. The molecule has 0 aliphatic heterocycles. The second-order valence-corrected chi connectivity index (χ2v) is 8.10. The van der Waals surface area contributed by atoms with Crippen LogP contribution in [0.2, 0.25) is 0 Å². The van der Waals surface area contributed by atoms with Gasteiger partial charge in [0.15, 0.2) is 0 Å². The largest absolute Gasteiger partial charge is 0.276 e. The Hall–Kier alpha value is -2.86. The van der Waals surface area contributed by atoms with Crippen LogP contribution in [0, 0.1) is 0 Å². The zero-order chi connectivity index (χ0) is 18.9. The van der Waals surface area contributed by atoms with Crippen LogP contribution in [0.3, 0.4) is 0 Å². The first-order valence-electron chi connectivity index (χ1n) is 9.68. The number of hydrogen-bond acceptors (Lipinski definition) is 5. The average molecular weight is 388 g/mol. The van der Waals surface area contributed by atoms with Crippen molar-refractivity contribution in [2.45, 2.75) is 38.1 Å². The number of rotatable bonds is 3. The summed E-state index contributed by atoms with van der Waals surface area (Å²) in [6, 6.07) is 8.01. The Morgan fingerprint density at radius 3 is 2.21 bits per heavy atom. The van der Waals surface area contributed by atoms with Gasteiger partial charge in [-0.2, -0.15) is 5.10 Å². The Bertz CT molecular complexity index is 1160. The Balaban J connectivity index is 1.81. The molecule has 0 aromatic carbocycles. The Morgan fingerprint density at radius 2 is 1.54 bits per heavy atom. The summed E-state index contributed by atoms with van der Waals surface area (Å²) in [5, 5.41) is 7.71. The fourth-order valence-corrected chi connectivity index (χ4v) is 5.15. The standard InChI is InChI=1S/C22H20N4OS/c27-22-19-18(15-6-10-23-11-7-15)14-28-21(19)20(16-8-12-24-13-9-16)25-26(22)17-4-2-1-3-5-17/h6-14,17H,1-5H2. The zero-order valence-corrected chi connectivity index (χ0v) is 16.2. The topological polar surface area (TPSA) is 60.7 Å². The first kappa shape index (κ1) is 17.3. The van der Waals surface area contributed by atoms with Gasteiger partial charge in [-0.05, 0) is 42.7 Å². The van der Waals surface area contributed by atoms with Crippen LogP contribution < -0.4 is 5.56 Å². The summed E-state index contributed by atoms with van der Waals surface area (Å²) in [7, 11) is 0. The van der Waals surface area contributed by atoms with Crippen molar-refractivity contribution >= 4 is 21.4 Å². The van der Waals surface area contributed by atoms with Gasteiger partial charge in [0.05, 0.1) is 16.1 Å². The van der Waals surface area contributed by atoms with Crippen molar-refractivity contribution in [2.75, 3.05) is 0 Å². The van der Waals surface area contributed by atoms with Crippen molar-refractivity contribution in [3.05, 3.63) is 64.8 Å². The molecule has 0 N–H and O–H groups in total. The highest BCUT2D eigenvalue weighted by Crippen LogP contribution is 2.37. The maximum Gasteiger partial charge on any atom is 0.276 e. The second kappa shape index (κ2) is 7.28. The molecule has 1 fully saturated rings. The summed E-state index contributed by atoms with van der Waals surface area (Å²) in [6.45, 7) is 0. The lowest BCUT2D eigenvalue weighted by Crippen LogP contribution is -2.29. The van der Waals surface area contributed by atoms with E-state index in [1.54, 1.807) is 40.8 Å². The molecule has 6 heteroatoms. The maximum absolute atomic E-state index is 13.5. The van der Waals surface area contributed by atoms with E-state index in [-0.39, 0.29) is 11.6 Å². The molecule has 1 aliphatic carbocycles.